The molecule has 1 fully saturated rings. The van der Waals surface area contributed by atoms with Crippen LogP contribution < -0.4 is 10.6 Å². The van der Waals surface area contributed by atoms with E-state index in [-0.39, 0.29) is 29.3 Å². The van der Waals surface area contributed by atoms with Crippen molar-refractivity contribution < 1.29 is 9.63 Å². The molecule has 2 unspecified atom stereocenters. The van der Waals surface area contributed by atoms with Crippen molar-refractivity contribution in [2.75, 3.05) is 6.54 Å². The maximum absolute atomic E-state index is 12.8. The number of piperidine rings is 1. The van der Waals surface area contributed by atoms with Crippen LogP contribution in [0.15, 0.2) is 30.3 Å². The smallest absolute Gasteiger partial charge is 0.315 e. The van der Waals surface area contributed by atoms with Gasteiger partial charge in [0, 0.05) is 23.7 Å². The van der Waals surface area contributed by atoms with Gasteiger partial charge in [-0.1, -0.05) is 147 Å². The lowest BCUT2D eigenvalue weighted by Gasteiger charge is -2.57. The van der Waals surface area contributed by atoms with Crippen molar-refractivity contribution in [3.8, 4) is 0 Å². The van der Waals surface area contributed by atoms with Crippen molar-refractivity contribution in [2.24, 2.45) is 0 Å². The maximum atomic E-state index is 12.8. The van der Waals surface area contributed by atoms with Gasteiger partial charge in [-0.15, -0.1) is 0 Å². The number of hydrogen-bond donors (Lipinski definition) is 2. The van der Waals surface area contributed by atoms with Gasteiger partial charge in [-0.2, -0.15) is 5.06 Å². The van der Waals surface area contributed by atoms with Gasteiger partial charge in [0.15, 0.2) is 0 Å². The second-order valence-corrected chi connectivity index (χ2v) is 14.0. The Morgan fingerprint density at radius 2 is 1.28 bits per heavy atom. The summed E-state index contributed by atoms with van der Waals surface area (Å²) in [6, 6.07) is 10.6. The Bertz CT molecular complexity index is 839. The van der Waals surface area contributed by atoms with Gasteiger partial charge in [-0.25, -0.2) is 4.79 Å². The Hall–Kier alpha value is -1.59. The van der Waals surface area contributed by atoms with E-state index in [4.69, 9.17) is 4.84 Å². The van der Waals surface area contributed by atoms with E-state index < -0.39 is 0 Å². The molecule has 1 aliphatic heterocycles. The first-order valence-electron chi connectivity index (χ1n) is 18.3. The molecule has 0 aliphatic carbocycles. The van der Waals surface area contributed by atoms with E-state index in [9.17, 15) is 4.79 Å². The molecule has 43 heavy (non-hydrogen) atoms. The third-order valence-electron chi connectivity index (χ3n) is 9.85. The molecular formula is C38H69N3O2. The molecule has 1 aromatic carbocycles. The Labute approximate surface area is 266 Å². The van der Waals surface area contributed by atoms with Crippen molar-refractivity contribution in [1.29, 1.82) is 0 Å². The summed E-state index contributed by atoms with van der Waals surface area (Å²) in [7, 11) is 0. The molecule has 0 bridgehead atoms. The highest BCUT2D eigenvalue weighted by molar-refractivity contribution is 5.74. The average molecular weight is 600 g/mol. The molecule has 0 spiro atoms. The minimum absolute atomic E-state index is 0.0186. The van der Waals surface area contributed by atoms with Gasteiger partial charge in [0.2, 0.25) is 0 Å². The SMILES string of the molecule is CCCCCCCCCCCCCCCCCCNC(=O)NC1CC(C)(C)N(OC(C)c2ccccc2)C(CC)(CC)C1. The van der Waals surface area contributed by atoms with Crippen LogP contribution in [-0.2, 0) is 4.84 Å². The van der Waals surface area contributed by atoms with Crippen LogP contribution in [0.25, 0.3) is 0 Å². The van der Waals surface area contributed by atoms with Crippen LogP contribution in [0.1, 0.15) is 182 Å². The molecule has 5 nitrogen and oxygen atoms in total. The van der Waals surface area contributed by atoms with E-state index in [0.29, 0.717) is 0 Å². The van der Waals surface area contributed by atoms with Crippen molar-refractivity contribution >= 4 is 6.03 Å². The summed E-state index contributed by atoms with van der Waals surface area (Å²) in [5.41, 5.74) is 0.878. The van der Waals surface area contributed by atoms with E-state index in [1.54, 1.807) is 0 Å². The lowest BCUT2D eigenvalue weighted by atomic mass is 9.74. The second kappa shape index (κ2) is 21.2. The normalized spacial score (nSPS) is 18.8. The Balaban J connectivity index is 1.59. The number of carbonyl (C=O) groups is 1. The number of nitrogens with zero attached hydrogens (tertiary/aromatic N) is 1. The van der Waals surface area contributed by atoms with Crippen molar-refractivity contribution in [3.05, 3.63) is 35.9 Å². The predicted molar refractivity (Wildman–Crippen MR) is 184 cm³/mol. The Morgan fingerprint density at radius 1 is 0.791 bits per heavy atom. The van der Waals surface area contributed by atoms with Gasteiger partial charge in [0.1, 0.15) is 6.10 Å². The van der Waals surface area contributed by atoms with Crippen LogP contribution in [-0.4, -0.2) is 34.8 Å². The fourth-order valence-electron chi connectivity index (χ4n) is 7.18. The summed E-state index contributed by atoms with van der Waals surface area (Å²) in [5, 5.41) is 8.75. The number of hydrogen-bond acceptors (Lipinski definition) is 3. The van der Waals surface area contributed by atoms with E-state index >= 15 is 0 Å². The van der Waals surface area contributed by atoms with Crippen molar-refractivity contribution in [3.63, 3.8) is 0 Å². The standard InChI is InChI=1S/C38H69N3O2/c1-7-10-11-12-13-14-15-16-17-18-19-20-21-22-23-27-30-39-36(42)40-35-31-37(5,6)41(38(8-2,9-3)32-35)43-33(4)34-28-25-24-26-29-34/h24-26,28-29,33,35H,7-23,27,30-32H2,1-6H3,(H2,39,40,42). The minimum atomic E-state index is -0.195. The summed E-state index contributed by atoms with van der Waals surface area (Å²) in [6.45, 7) is 14.2. The lowest BCUT2D eigenvalue weighted by molar-refractivity contribution is -0.316. The number of benzene rings is 1. The van der Waals surface area contributed by atoms with E-state index in [0.717, 1.165) is 38.6 Å². The first-order chi connectivity index (χ1) is 20.8. The molecule has 0 radical (unpaired) electrons. The number of rotatable bonds is 23. The Kier molecular flexibility index (Phi) is 18.5. The predicted octanol–water partition coefficient (Wildman–Crippen LogP) is 11.0. The van der Waals surface area contributed by atoms with Gasteiger partial charge in [-0.05, 0) is 58.4 Å². The molecule has 1 aliphatic rings. The average Bonchev–Trinajstić information content (AvgIpc) is 3.00. The molecule has 1 heterocycles. The van der Waals surface area contributed by atoms with Crippen LogP contribution in [0.4, 0.5) is 4.79 Å². The lowest BCUT2D eigenvalue weighted by Crippen LogP contribution is -2.66. The molecule has 248 valence electrons. The molecular weight excluding hydrogens is 530 g/mol. The van der Waals surface area contributed by atoms with Crippen LogP contribution >= 0.6 is 0 Å². The zero-order valence-electron chi connectivity index (χ0n) is 29.2. The summed E-state index contributed by atoms with van der Waals surface area (Å²) in [5.74, 6) is 0. The number of urea groups is 1. The molecule has 1 aromatic rings. The highest BCUT2D eigenvalue weighted by Crippen LogP contribution is 2.44. The van der Waals surface area contributed by atoms with Crippen LogP contribution in [0, 0.1) is 0 Å². The summed E-state index contributed by atoms with van der Waals surface area (Å²) < 4.78 is 0. The van der Waals surface area contributed by atoms with Gasteiger partial charge in [0.25, 0.3) is 0 Å². The molecule has 0 aromatic heterocycles. The monoisotopic (exact) mass is 600 g/mol. The third-order valence-corrected chi connectivity index (χ3v) is 9.85. The summed E-state index contributed by atoms with van der Waals surface area (Å²) in [6.07, 6.45) is 25.5. The fourth-order valence-corrected chi connectivity index (χ4v) is 7.18. The highest BCUT2D eigenvalue weighted by Gasteiger charge is 2.50. The number of amides is 2. The highest BCUT2D eigenvalue weighted by atomic mass is 16.7. The van der Waals surface area contributed by atoms with Gasteiger partial charge >= 0.3 is 6.03 Å². The molecule has 5 heteroatoms. The van der Waals surface area contributed by atoms with Gasteiger partial charge in [-0.3, -0.25) is 4.84 Å². The first kappa shape index (κ1) is 37.6. The van der Waals surface area contributed by atoms with Gasteiger partial charge < -0.3 is 10.6 Å². The second-order valence-electron chi connectivity index (χ2n) is 14.0. The zero-order chi connectivity index (χ0) is 31.4. The van der Waals surface area contributed by atoms with E-state index in [1.807, 2.05) is 6.07 Å². The van der Waals surface area contributed by atoms with Crippen molar-refractivity contribution in [1.82, 2.24) is 15.7 Å². The van der Waals surface area contributed by atoms with E-state index in [1.165, 1.54) is 102 Å². The van der Waals surface area contributed by atoms with E-state index in [2.05, 4.69) is 81.5 Å². The first-order valence-corrected chi connectivity index (χ1v) is 18.3. The van der Waals surface area contributed by atoms with Crippen LogP contribution in [0.2, 0.25) is 0 Å². The minimum Gasteiger partial charge on any atom is -0.338 e. The fraction of sp³-hybridized carbons (Fsp3) is 0.816. The number of nitrogens with one attached hydrogen (secondary N) is 2. The summed E-state index contributed by atoms with van der Waals surface area (Å²) >= 11 is 0. The zero-order valence-corrected chi connectivity index (χ0v) is 29.2. The Morgan fingerprint density at radius 3 is 1.77 bits per heavy atom. The van der Waals surface area contributed by atoms with Crippen LogP contribution in [0.5, 0.6) is 0 Å². The molecule has 2 atom stereocenters. The topological polar surface area (TPSA) is 53.6 Å². The molecule has 2 rings (SSSR count). The number of hydroxylamine groups is 2. The molecule has 2 amide bonds. The quantitative estimate of drug-likeness (QED) is 0.123. The number of unbranched alkanes of at least 4 members (excludes halogenated alkanes) is 15. The molecule has 1 saturated heterocycles. The van der Waals surface area contributed by atoms with Crippen molar-refractivity contribution in [2.45, 2.75) is 193 Å². The maximum Gasteiger partial charge on any atom is 0.315 e. The molecule has 2 N–H and O–H groups in total. The largest absolute Gasteiger partial charge is 0.338 e. The number of carbonyl (C=O) groups excluding carboxylic acids is 1. The summed E-state index contributed by atoms with van der Waals surface area (Å²) in [4.78, 5) is 19.6. The van der Waals surface area contributed by atoms with Gasteiger partial charge in [0.05, 0.1) is 0 Å². The third kappa shape index (κ3) is 13.9. The molecule has 0 saturated carbocycles. The van der Waals surface area contributed by atoms with Crippen LogP contribution in [0.3, 0.4) is 0 Å².